The average Bonchev–Trinajstić information content (AvgIpc) is 2.78. The van der Waals surface area contributed by atoms with Crippen molar-refractivity contribution < 1.29 is 18.0 Å². The topological polar surface area (TPSA) is 86.8 Å². The van der Waals surface area contributed by atoms with Gasteiger partial charge in [0.1, 0.15) is 12.6 Å². The minimum absolute atomic E-state index is 0.0566. The number of hydrogen-bond acceptors (Lipinski definition) is 4. The van der Waals surface area contributed by atoms with Gasteiger partial charge < -0.3 is 10.2 Å². The van der Waals surface area contributed by atoms with E-state index >= 15 is 0 Å². The van der Waals surface area contributed by atoms with Crippen LogP contribution >= 0.6 is 11.6 Å². The highest BCUT2D eigenvalue weighted by Crippen LogP contribution is 2.22. The molecule has 0 radical (unpaired) electrons. The molecule has 2 atom stereocenters. The molecule has 0 heterocycles. The molecule has 186 valence electrons. The maximum absolute atomic E-state index is 13.6. The second-order valence-electron chi connectivity index (χ2n) is 8.46. The van der Waals surface area contributed by atoms with Gasteiger partial charge in [0.15, 0.2) is 0 Å². The van der Waals surface area contributed by atoms with E-state index in [1.54, 1.807) is 48.5 Å². The molecule has 0 spiro atoms. The fraction of sp³-hybridized carbons (Fsp3) is 0.440. The summed E-state index contributed by atoms with van der Waals surface area (Å²) in [7, 11) is -3.76. The summed E-state index contributed by atoms with van der Waals surface area (Å²) >= 11 is 6.35. The van der Waals surface area contributed by atoms with E-state index in [0.717, 1.165) is 22.5 Å². The summed E-state index contributed by atoms with van der Waals surface area (Å²) in [5.41, 5.74) is 2.03. The minimum atomic E-state index is -3.76. The number of hydrogen-bond donors (Lipinski definition) is 1. The molecule has 2 amide bonds. The fourth-order valence-electron chi connectivity index (χ4n) is 3.50. The van der Waals surface area contributed by atoms with Crippen LogP contribution in [0.25, 0.3) is 0 Å². The highest BCUT2D eigenvalue weighted by Gasteiger charge is 2.32. The van der Waals surface area contributed by atoms with Crippen LogP contribution in [0.3, 0.4) is 0 Å². The Labute approximate surface area is 208 Å². The van der Waals surface area contributed by atoms with E-state index in [2.05, 4.69) is 5.32 Å². The first-order valence-corrected chi connectivity index (χ1v) is 13.6. The van der Waals surface area contributed by atoms with E-state index in [4.69, 9.17) is 11.6 Å². The summed E-state index contributed by atoms with van der Waals surface area (Å²) in [5.74, 6) is -0.768. The van der Waals surface area contributed by atoms with Crippen LogP contribution in [0.5, 0.6) is 0 Å². The molecule has 0 saturated heterocycles. The molecule has 9 heteroatoms. The second-order valence-corrected chi connectivity index (χ2v) is 10.8. The highest BCUT2D eigenvalue weighted by atomic mass is 35.5. The number of nitrogens with zero attached hydrogens (tertiary/aromatic N) is 2. The van der Waals surface area contributed by atoms with Gasteiger partial charge in [-0.2, -0.15) is 0 Å². The van der Waals surface area contributed by atoms with Crippen molar-refractivity contribution in [1.29, 1.82) is 0 Å². The molecule has 0 aliphatic rings. The molecule has 0 fully saturated rings. The first kappa shape index (κ1) is 27.7. The van der Waals surface area contributed by atoms with E-state index in [-0.39, 0.29) is 18.5 Å². The average molecular weight is 508 g/mol. The van der Waals surface area contributed by atoms with Gasteiger partial charge in [-0.05, 0) is 50.5 Å². The number of aryl methyl sites for hydroxylation is 1. The predicted octanol–water partition coefficient (Wildman–Crippen LogP) is 4.14. The first-order valence-electron chi connectivity index (χ1n) is 11.4. The van der Waals surface area contributed by atoms with Gasteiger partial charge >= 0.3 is 0 Å². The Hall–Kier alpha value is -2.58. The third kappa shape index (κ3) is 7.46. The van der Waals surface area contributed by atoms with Crippen molar-refractivity contribution in [3.8, 4) is 0 Å². The molecule has 2 aromatic carbocycles. The number of carbonyl (C=O) groups excluding carboxylic acids is 2. The molecule has 2 rings (SSSR count). The van der Waals surface area contributed by atoms with Gasteiger partial charge in [-0.3, -0.25) is 13.9 Å². The summed E-state index contributed by atoms with van der Waals surface area (Å²) in [6.45, 7) is 7.22. The number of rotatable bonds is 11. The van der Waals surface area contributed by atoms with E-state index in [9.17, 15) is 18.0 Å². The molecule has 0 saturated carbocycles. The number of carbonyl (C=O) groups is 2. The monoisotopic (exact) mass is 507 g/mol. The molecule has 7 nitrogen and oxygen atoms in total. The Morgan fingerprint density at radius 2 is 1.65 bits per heavy atom. The van der Waals surface area contributed by atoms with Crippen molar-refractivity contribution in [3.63, 3.8) is 0 Å². The number of sulfonamides is 1. The molecule has 0 aliphatic carbocycles. The van der Waals surface area contributed by atoms with Crippen LogP contribution in [-0.4, -0.2) is 50.0 Å². The van der Waals surface area contributed by atoms with Crippen molar-refractivity contribution in [2.24, 2.45) is 0 Å². The van der Waals surface area contributed by atoms with Gasteiger partial charge in [-0.25, -0.2) is 8.42 Å². The van der Waals surface area contributed by atoms with Crippen molar-refractivity contribution in [2.75, 3.05) is 17.1 Å². The normalized spacial score (nSPS) is 13.1. The summed E-state index contributed by atoms with van der Waals surface area (Å²) in [4.78, 5) is 28.1. The van der Waals surface area contributed by atoms with Crippen LogP contribution in [0, 0.1) is 6.92 Å². The molecule has 0 unspecified atom stereocenters. The number of halogens is 1. The summed E-state index contributed by atoms with van der Waals surface area (Å²) in [5, 5.41) is 3.41. The van der Waals surface area contributed by atoms with Crippen LogP contribution in [-0.2, 0) is 26.2 Å². The largest absolute Gasteiger partial charge is 0.352 e. The van der Waals surface area contributed by atoms with Crippen LogP contribution < -0.4 is 9.62 Å². The maximum Gasteiger partial charge on any atom is 0.244 e. The predicted molar refractivity (Wildman–Crippen MR) is 137 cm³/mol. The zero-order valence-electron chi connectivity index (χ0n) is 20.4. The third-order valence-electron chi connectivity index (χ3n) is 5.69. The number of amides is 2. The summed E-state index contributed by atoms with van der Waals surface area (Å²) < 4.78 is 26.3. The molecule has 34 heavy (non-hydrogen) atoms. The number of benzene rings is 2. The lowest BCUT2D eigenvalue weighted by molar-refractivity contribution is -0.140. The molecular formula is C25H34ClN3O4S. The maximum atomic E-state index is 13.6. The van der Waals surface area contributed by atoms with Crippen molar-refractivity contribution in [1.82, 2.24) is 10.2 Å². The van der Waals surface area contributed by atoms with Gasteiger partial charge in [0.05, 0.1) is 11.9 Å². The quantitative estimate of drug-likeness (QED) is 0.495. The van der Waals surface area contributed by atoms with Gasteiger partial charge in [0.2, 0.25) is 21.8 Å². The van der Waals surface area contributed by atoms with Gasteiger partial charge in [-0.1, -0.05) is 61.3 Å². The van der Waals surface area contributed by atoms with Crippen molar-refractivity contribution in [2.45, 2.75) is 59.2 Å². The summed E-state index contributed by atoms with van der Waals surface area (Å²) in [6, 6.07) is 13.2. The third-order valence-corrected chi connectivity index (χ3v) is 7.20. The zero-order chi connectivity index (χ0) is 25.5. The Kier molecular flexibility index (Phi) is 9.94. The lowest BCUT2D eigenvalue weighted by Gasteiger charge is -2.33. The molecule has 0 aromatic heterocycles. The van der Waals surface area contributed by atoms with E-state index in [1.807, 2.05) is 27.7 Å². The van der Waals surface area contributed by atoms with E-state index < -0.39 is 28.5 Å². The van der Waals surface area contributed by atoms with E-state index in [1.165, 1.54) is 4.90 Å². The van der Waals surface area contributed by atoms with E-state index in [0.29, 0.717) is 22.7 Å². The number of anilines is 1. The molecule has 0 bridgehead atoms. The second kappa shape index (κ2) is 12.2. The lowest BCUT2D eigenvalue weighted by atomic mass is 10.1. The van der Waals surface area contributed by atoms with Crippen molar-refractivity contribution in [3.05, 3.63) is 64.7 Å². The van der Waals surface area contributed by atoms with Crippen LogP contribution in [0.1, 0.15) is 44.7 Å². The molecule has 0 aliphatic heterocycles. The van der Waals surface area contributed by atoms with Crippen LogP contribution in [0.4, 0.5) is 5.69 Å². The van der Waals surface area contributed by atoms with Crippen molar-refractivity contribution >= 4 is 39.1 Å². The first-order chi connectivity index (χ1) is 16.0. The minimum Gasteiger partial charge on any atom is -0.352 e. The molecule has 1 N–H and O–H groups in total. The standard InChI is InChI=1S/C25H34ClN3O4S/c1-6-19(4)27-25(31)23(7-2)28(16-20-10-8-9-11-22(20)26)24(30)17-29(34(5,32)33)21-14-12-18(3)13-15-21/h8-15,19,23H,6-7,16-17H2,1-5H3,(H,27,31)/t19-,23+/m1/s1. The zero-order valence-corrected chi connectivity index (χ0v) is 22.0. The van der Waals surface area contributed by atoms with Crippen LogP contribution in [0.15, 0.2) is 48.5 Å². The Balaban J connectivity index is 2.44. The van der Waals surface area contributed by atoms with Gasteiger partial charge in [0, 0.05) is 17.6 Å². The van der Waals surface area contributed by atoms with Gasteiger partial charge in [0.25, 0.3) is 0 Å². The molecule has 2 aromatic rings. The Morgan fingerprint density at radius 3 is 2.18 bits per heavy atom. The highest BCUT2D eigenvalue weighted by molar-refractivity contribution is 7.92. The van der Waals surface area contributed by atoms with Crippen LogP contribution in [0.2, 0.25) is 5.02 Å². The van der Waals surface area contributed by atoms with Gasteiger partial charge in [-0.15, -0.1) is 0 Å². The Morgan fingerprint density at radius 1 is 1.03 bits per heavy atom. The number of nitrogens with one attached hydrogen (secondary N) is 1. The lowest BCUT2D eigenvalue weighted by Crippen LogP contribution is -2.53. The smallest absolute Gasteiger partial charge is 0.244 e. The molecular weight excluding hydrogens is 474 g/mol. The fourth-order valence-corrected chi connectivity index (χ4v) is 4.54. The summed E-state index contributed by atoms with van der Waals surface area (Å²) in [6.07, 6.45) is 2.17. The Bertz CT molecular complexity index is 1090. The SMILES string of the molecule is CC[C@@H](C)NC(=O)[C@H](CC)N(Cc1ccccc1Cl)C(=O)CN(c1ccc(C)cc1)S(C)(=O)=O.